The molecule has 98 valence electrons. The van der Waals surface area contributed by atoms with E-state index in [0.29, 0.717) is 11.6 Å². The fraction of sp³-hybridized carbons (Fsp3) is 0.438. The van der Waals surface area contributed by atoms with E-state index in [1.165, 1.54) is 5.56 Å². The van der Waals surface area contributed by atoms with Crippen LogP contribution in [0.4, 0.5) is 5.69 Å². The van der Waals surface area contributed by atoms with Gasteiger partial charge in [0.1, 0.15) is 0 Å². The van der Waals surface area contributed by atoms with Gasteiger partial charge in [-0.25, -0.2) is 0 Å². The number of rotatable bonds is 3. The highest BCUT2D eigenvalue weighted by molar-refractivity contribution is 5.55. The number of aryl methyl sites for hydroxylation is 1. The zero-order valence-electron chi connectivity index (χ0n) is 11.3. The first kappa shape index (κ1) is 13.5. The highest BCUT2D eigenvalue weighted by atomic mass is 15.1. The van der Waals surface area contributed by atoms with Crippen molar-refractivity contribution >= 4 is 5.69 Å². The molecule has 1 fully saturated rings. The molecule has 0 amide bonds. The molecule has 3 heteroatoms. The standard InChI is InChI=1S/C16H19N3/c1-3-8-19-9-6-15(7-10-19)18-16-11-14(12-17)5-4-13(16)2/h1,4-5,11,15,18H,6-10H2,2H3. The molecule has 1 aliphatic rings. The van der Waals surface area contributed by atoms with E-state index in [1.807, 2.05) is 18.2 Å². The van der Waals surface area contributed by atoms with Crippen molar-refractivity contribution in [2.75, 3.05) is 25.0 Å². The Labute approximate surface area is 115 Å². The average molecular weight is 253 g/mol. The zero-order valence-corrected chi connectivity index (χ0v) is 11.3. The molecule has 0 aliphatic carbocycles. The number of nitriles is 1. The molecule has 1 heterocycles. The van der Waals surface area contributed by atoms with Crippen LogP contribution in [0.25, 0.3) is 0 Å². The number of terminal acetylenes is 1. The summed E-state index contributed by atoms with van der Waals surface area (Å²) >= 11 is 0. The van der Waals surface area contributed by atoms with Gasteiger partial charge in [-0.3, -0.25) is 4.90 Å². The summed E-state index contributed by atoms with van der Waals surface area (Å²) in [4.78, 5) is 2.30. The number of nitrogens with zero attached hydrogens (tertiary/aromatic N) is 2. The molecular formula is C16H19N3. The summed E-state index contributed by atoms with van der Waals surface area (Å²) in [5.41, 5.74) is 2.97. The predicted octanol–water partition coefficient (Wildman–Crippen LogP) is 2.38. The van der Waals surface area contributed by atoms with Gasteiger partial charge in [-0.2, -0.15) is 5.26 Å². The van der Waals surface area contributed by atoms with Gasteiger partial charge in [-0.1, -0.05) is 12.0 Å². The number of hydrogen-bond acceptors (Lipinski definition) is 3. The van der Waals surface area contributed by atoms with E-state index >= 15 is 0 Å². The maximum atomic E-state index is 8.95. The lowest BCUT2D eigenvalue weighted by molar-refractivity contribution is 0.243. The minimum absolute atomic E-state index is 0.474. The second kappa shape index (κ2) is 6.27. The van der Waals surface area contributed by atoms with Gasteiger partial charge >= 0.3 is 0 Å². The Bertz CT molecular complexity index is 514. The van der Waals surface area contributed by atoms with Crippen LogP contribution in [0, 0.1) is 30.6 Å². The Balaban J connectivity index is 1.96. The molecule has 1 aromatic carbocycles. The third-order valence-electron chi connectivity index (χ3n) is 3.63. The van der Waals surface area contributed by atoms with Crippen molar-refractivity contribution in [2.24, 2.45) is 0 Å². The molecule has 0 radical (unpaired) electrons. The fourth-order valence-electron chi connectivity index (χ4n) is 2.43. The van der Waals surface area contributed by atoms with Crippen molar-refractivity contribution in [1.82, 2.24) is 4.90 Å². The van der Waals surface area contributed by atoms with Crippen LogP contribution in [0.2, 0.25) is 0 Å². The molecule has 0 spiro atoms. The number of anilines is 1. The number of likely N-dealkylation sites (tertiary alicyclic amines) is 1. The molecule has 1 saturated heterocycles. The summed E-state index contributed by atoms with van der Waals surface area (Å²) in [5.74, 6) is 2.70. The first-order valence-corrected chi connectivity index (χ1v) is 6.66. The van der Waals surface area contributed by atoms with Crippen molar-refractivity contribution in [3.05, 3.63) is 29.3 Å². The zero-order chi connectivity index (χ0) is 13.7. The summed E-state index contributed by atoms with van der Waals surface area (Å²) in [5, 5.41) is 12.5. The lowest BCUT2D eigenvalue weighted by Gasteiger charge is -2.32. The Kier molecular flexibility index (Phi) is 4.44. The van der Waals surface area contributed by atoms with E-state index in [1.54, 1.807) is 0 Å². The second-order valence-electron chi connectivity index (χ2n) is 5.04. The maximum Gasteiger partial charge on any atom is 0.0992 e. The molecule has 2 rings (SSSR count). The summed E-state index contributed by atoms with van der Waals surface area (Å²) in [7, 11) is 0. The lowest BCUT2D eigenvalue weighted by atomic mass is 10.0. The van der Waals surface area contributed by atoms with Gasteiger partial charge in [0.05, 0.1) is 18.2 Å². The average Bonchev–Trinajstić information content (AvgIpc) is 2.44. The van der Waals surface area contributed by atoms with Crippen LogP contribution in [0.1, 0.15) is 24.0 Å². The monoisotopic (exact) mass is 253 g/mol. The van der Waals surface area contributed by atoms with E-state index in [2.05, 4.69) is 29.1 Å². The van der Waals surface area contributed by atoms with E-state index in [-0.39, 0.29) is 0 Å². The molecular weight excluding hydrogens is 234 g/mol. The molecule has 0 aromatic heterocycles. The highest BCUT2D eigenvalue weighted by Crippen LogP contribution is 2.21. The van der Waals surface area contributed by atoms with Gasteiger partial charge in [0, 0.05) is 24.8 Å². The molecule has 0 bridgehead atoms. The van der Waals surface area contributed by atoms with Gasteiger partial charge in [0.25, 0.3) is 0 Å². The summed E-state index contributed by atoms with van der Waals surface area (Å²) in [6, 6.07) is 8.44. The molecule has 1 aromatic rings. The van der Waals surface area contributed by atoms with Gasteiger partial charge in [-0.15, -0.1) is 6.42 Å². The van der Waals surface area contributed by atoms with E-state index in [9.17, 15) is 0 Å². The summed E-state index contributed by atoms with van der Waals surface area (Å²) < 4.78 is 0. The quantitative estimate of drug-likeness (QED) is 0.841. The van der Waals surface area contributed by atoms with Crippen LogP contribution in [0.15, 0.2) is 18.2 Å². The SMILES string of the molecule is C#CCN1CCC(Nc2cc(C#N)ccc2C)CC1. The Morgan fingerprint density at radius 3 is 2.79 bits per heavy atom. The number of piperidine rings is 1. The largest absolute Gasteiger partial charge is 0.382 e. The number of hydrogen-bond donors (Lipinski definition) is 1. The number of benzene rings is 1. The minimum atomic E-state index is 0.474. The number of nitrogens with one attached hydrogen (secondary N) is 1. The van der Waals surface area contributed by atoms with Gasteiger partial charge in [0.2, 0.25) is 0 Å². The fourth-order valence-corrected chi connectivity index (χ4v) is 2.43. The highest BCUT2D eigenvalue weighted by Gasteiger charge is 2.18. The van der Waals surface area contributed by atoms with Gasteiger partial charge < -0.3 is 5.32 Å². The third kappa shape index (κ3) is 3.50. The van der Waals surface area contributed by atoms with Crippen LogP contribution in [-0.4, -0.2) is 30.6 Å². The minimum Gasteiger partial charge on any atom is -0.382 e. The van der Waals surface area contributed by atoms with Crippen LogP contribution in [-0.2, 0) is 0 Å². The maximum absolute atomic E-state index is 8.95. The molecule has 0 saturated carbocycles. The van der Waals surface area contributed by atoms with Crippen molar-refractivity contribution in [2.45, 2.75) is 25.8 Å². The van der Waals surface area contributed by atoms with Crippen molar-refractivity contribution in [3.8, 4) is 18.4 Å². The van der Waals surface area contributed by atoms with E-state index in [4.69, 9.17) is 11.7 Å². The van der Waals surface area contributed by atoms with Crippen molar-refractivity contribution < 1.29 is 0 Å². The van der Waals surface area contributed by atoms with Crippen LogP contribution in [0.5, 0.6) is 0 Å². The molecule has 19 heavy (non-hydrogen) atoms. The molecule has 0 unspecified atom stereocenters. The van der Waals surface area contributed by atoms with E-state index < -0.39 is 0 Å². The normalized spacial score (nSPS) is 16.6. The Morgan fingerprint density at radius 2 is 2.16 bits per heavy atom. The third-order valence-corrected chi connectivity index (χ3v) is 3.63. The molecule has 3 nitrogen and oxygen atoms in total. The van der Waals surface area contributed by atoms with E-state index in [0.717, 1.165) is 38.2 Å². The summed E-state index contributed by atoms with van der Waals surface area (Å²) in [6.07, 6.45) is 7.52. The Hall–Kier alpha value is -1.97. The topological polar surface area (TPSA) is 39.1 Å². The molecule has 0 atom stereocenters. The molecule has 1 aliphatic heterocycles. The lowest BCUT2D eigenvalue weighted by Crippen LogP contribution is -2.39. The van der Waals surface area contributed by atoms with Gasteiger partial charge in [-0.05, 0) is 37.5 Å². The smallest absolute Gasteiger partial charge is 0.0992 e. The molecule has 1 N–H and O–H groups in total. The first-order chi connectivity index (χ1) is 9.22. The van der Waals surface area contributed by atoms with Crippen molar-refractivity contribution in [1.29, 1.82) is 5.26 Å². The van der Waals surface area contributed by atoms with Crippen LogP contribution < -0.4 is 5.32 Å². The second-order valence-corrected chi connectivity index (χ2v) is 5.04. The van der Waals surface area contributed by atoms with Gasteiger partial charge in [0.15, 0.2) is 0 Å². The summed E-state index contributed by atoms with van der Waals surface area (Å²) in [6.45, 7) is 4.89. The first-order valence-electron chi connectivity index (χ1n) is 6.66. The van der Waals surface area contributed by atoms with Crippen molar-refractivity contribution in [3.63, 3.8) is 0 Å². The predicted molar refractivity (Wildman–Crippen MR) is 77.8 cm³/mol. The Morgan fingerprint density at radius 1 is 1.42 bits per heavy atom. The van der Waals surface area contributed by atoms with Crippen LogP contribution >= 0.6 is 0 Å². The van der Waals surface area contributed by atoms with Crippen LogP contribution in [0.3, 0.4) is 0 Å².